The van der Waals surface area contributed by atoms with Crippen LogP contribution in [0.1, 0.15) is 22.3 Å². The molecule has 0 unspecified atom stereocenters. The van der Waals surface area contributed by atoms with Gasteiger partial charge in [-0.3, -0.25) is 4.79 Å². The summed E-state index contributed by atoms with van der Waals surface area (Å²) >= 11 is 5.81. The minimum absolute atomic E-state index is 0.109. The Morgan fingerprint density at radius 3 is 2.50 bits per heavy atom. The van der Waals surface area contributed by atoms with Crippen molar-refractivity contribution in [2.75, 3.05) is 5.73 Å². The van der Waals surface area contributed by atoms with Crippen molar-refractivity contribution >= 4 is 23.1 Å². The van der Waals surface area contributed by atoms with Crippen molar-refractivity contribution in [1.82, 2.24) is 0 Å². The summed E-state index contributed by atoms with van der Waals surface area (Å²) in [4.78, 5) is 12.0. The maximum absolute atomic E-state index is 12.0. The van der Waals surface area contributed by atoms with Gasteiger partial charge in [-0.2, -0.15) is 0 Å². The van der Waals surface area contributed by atoms with E-state index in [2.05, 4.69) is 0 Å². The number of anilines is 1. The maximum atomic E-state index is 12.0. The molecule has 2 nitrogen and oxygen atoms in total. The molecule has 0 fully saturated rings. The molecule has 2 aromatic carbocycles. The van der Waals surface area contributed by atoms with Crippen LogP contribution in [0.5, 0.6) is 0 Å². The number of carbonyl (C=O) groups is 1. The normalized spacial score (nSPS) is 10.3. The Labute approximate surface area is 111 Å². The van der Waals surface area contributed by atoms with Gasteiger partial charge in [0.05, 0.1) is 0 Å². The third kappa shape index (κ3) is 3.34. The Kier molecular flexibility index (Phi) is 4.00. The van der Waals surface area contributed by atoms with Crippen molar-refractivity contribution in [3.8, 4) is 0 Å². The van der Waals surface area contributed by atoms with Gasteiger partial charge in [0.15, 0.2) is 5.78 Å². The molecule has 0 spiro atoms. The number of halogens is 1. The number of carbonyl (C=O) groups excluding carboxylic acids is 1. The molecule has 0 radical (unpaired) electrons. The summed E-state index contributed by atoms with van der Waals surface area (Å²) in [5.74, 6) is 0.109. The van der Waals surface area contributed by atoms with E-state index in [4.69, 9.17) is 17.3 Å². The van der Waals surface area contributed by atoms with Crippen LogP contribution in [0.25, 0.3) is 0 Å². The van der Waals surface area contributed by atoms with E-state index in [1.165, 1.54) is 0 Å². The van der Waals surface area contributed by atoms with Crippen LogP contribution in [0, 0.1) is 0 Å². The van der Waals surface area contributed by atoms with E-state index >= 15 is 0 Å². The Bertz CT molecular complexity index is 549. The van der Waals surface area contributed by atoms with Crippen LogP contribution < -0.4 is 5.73 Å². The quantitative estimate of drug-likeness (QED) is 0.671. The number of aryl methyl sites for hydroxylation is 1. The van der Waals surface area contributed by atoms with Gasteiger partial charge in [-0.15, -0.1) is 0 Å². The molecule has 0 aromatic heterocycles. The van der Waals surface area contributed by atoms with Crippen LogP contribution in [0.15, 0.2) is 48.5 Å². The number of nitrogens with two attached hydrogens (primary N) is 1. The minimum Gasteiger partial charge on any atom is -0.399 e. The minimum atomic E-state index is 0.109. The van der Waals surface area contributed by atoms with E-state index < -0.39 is 0 Å². The second-order valence-electron chi connectivity index (χ2n) is 4.18. The summed E-state index contributed by atoms with van der Waals surface area (Å²) in [6, 6.07) is 14.6. The van der Waals surface area contributed by atoms with Gasteiger partial charge in [-0.1, -0.05) is 35.9 Å². The van der Waals surface area contributed by atoms with Gasteiger partial charge in [0.2, 0.25) is 0 Å². The van der Waals surface area contributed by atoms with Crippen molar-refractivity contribution in [2.24, 2.45) is 0 Å². The number of hydrogen-bond acceptors (Lipinski definition) is 2. The summed E-state index contributed by atoms with van der Waals surface area (Å²) < 4.78 is 0. The highest BCUT2D eigenvalue weighted by Crippen LogP contribution is 2.14. The number of hydrogen-bond donors (Lipinski definition) is 1. The van der Waals surface area contributed by atoms with Crippen LogP contribution in [0.4, 0.5) is 5.69 Å². The van der Waals surface area contributed by atoms with E-state index in [1.807, 2.05) is 24.3 Å². The molecule has 2 aromatic rings. The van der Waals surface area contributed by atoms with Gasteiger partial charge in [-0.25, -0.2) is 0 Å². The Morgan fingerprint density at radius 2 is 1.83 bits per heavy atom. The summed E-state index contributed by atoms with van der Waals surface area (Å²) in [6.45, 7) is 0. The van der Waals surface area contributed by atoms with Crippen molar-refractivity contribution in [1.29, 1.82) is 0 Å². The van der Waals surface area contributed by atoms with Crippen molar-refractivity contribution in [3.05, 3.63) is 64.7 Å². The fourth-order valence-corrected chi connectivity index (χ4v) is 1.89. The average Bonchev–Trinajstić information content (AvgIpc) is 2.38. The van der Waals surface area contributed by atoms with Gasteiger partial charge >= 0.3 is 0 Å². The highest BCUT2D eigenvalue weighted by atomic mass is 35.5. The van der Waals surface area contributed by atoms with E-state index in [9.17, 15) is 4.79 Å². The van der Waals surface area contributed by atoms with Crippen LogP contribution in [-0.2, 0) is 6.42 Å². The predicted octanol–water partition coefficient (Wildman–Crippen LogP) is 3.74. The number of benzene rings is 2. The first kappa shape index (κ1) is 12.7. The molecule has 0 bridgehead atoms. The molecule has 0 amide bonds. The van der Waals surface area contributed by atoms with Crippen LogP contribution in [-0.4, -0.2) is 5.78 Å². The molecule has 0 heterocycles. The number of Topliss-reactive ketones (excluding diaryl/α,β-unsaturated/α-hetero) is 1. The largest absolute Gasteiger partial charge is 0.399 e. The van der Waals surface area contributed by atoms with Crippen molar-refractivity contribution < 1.29 is 4.79 Å². The van der Waals surface area contributed by atoms with E-state index in [0.29, 0.717) is 29.1 Å². The smallest absolute Gasteiger partial charge is 0.163 e. The van der Waals surface area contributed by atoms with Gasteiger partial charge < -0.3 is 5.73 Å². The number of ketones is 1. The molecule has 0 saturated heterocycles. The van der Waals surface area contributed by atoms with Gasteiger partial charge in [0.25, 0.3) is 0 Å². The molecule has 0 aliphatic rings. The van der Waals surface area contributed by atoms with Crippen LogP contribution in [0.3, 0.4) is 0 Å². The lowest BCUT2D eigenvalue weighted by Gasteiger charge is -2.03. The molecule has 18 heavy (non-hydrogen) atoms. The highest BCUT2D eigenvalue weighted by molar-refractivity contribution is 6.30. The molecule has 0 atom stereocenters. The fourth-order valence-electron chi connectivity index (χ4n) is 1.77. The SMILES string of the molecule is Nc1cccc(C(=O)CCc2ccc(Cl)cc2)c1. The summed E-state index contributed by atoms with van der Waals surface area (Å²) in [5.41, 5.74) is 8.05. The summed E-state index contributed by atoms with van der Waals surface area (Å²) in [6.07, 6.45) is 1.19. The lowest BCUT2D eigenvalue weighted by molar-refractivity contribution is 0.0983. The molecular weight excluding hydrogens is 246 g/mol. The van der Waals surface area contributed by atoms with Crippen LogP contribution in [0.2, 0.25) is 5.02 Å². The predicted molar refractivity (Wildman–Crippen MR) is 75.0 cm³/mol. The third-order valence-corrected chi connectivity index (χ3v) is 3.01. The molecule has 2 N–H and O–H groups in total. The van der Waals surface area contributed by atoms with Gasteiger partial charge in [0, 0.05) is 22.7 Å². The number of nitrogen functional groups attached to an aromatic ring is 1. The first-order chi connectivity index (χ1) is 8.65. The summed E-state index contributed by atoms with van der Waals surface area (Å²) in [5, 5.41) is 0.709. The lowest BCUT2D eigenvalue weighted by Crippen LogP contribution is -2.01. The Hall–Kier alpha value is -1.80. The van der Waals surface area contributed by atoms with Gasteiger partial charge in [-0.05, 0) is 36.2 Å². The van der Waals surface area contributed by atoms with Crippen molar-refractivity contribution in [2.45, 2.75) is 12.8 Å². The average molecular weight is 260 g/mol. The van der Waals surface area contributed by atoms with Gasteiger partial charge in [0.1, 0.15) is 0 Å². The molecular formula is C15H14ClNO. The molecule has 3 heteroatoms. The number of rotatable bonds is 4. The van der Waals surface area contributed by atoms with E-state index in [0.717, 1.165) is 5.56 Å². The Balaban J connectivity index is 1.98. The van der Waals surface area contributed by atoms with E-state index in [-0.39, 0.29) is 5.78 Å². The lowest BCUT2D eigenvalue weighted by atomic mass is 10.0. The molecule has 2 rings (SSSR count). The van der Waals surface area contributed by atoms with E-state index in [1.54, 1.807) is 24.3 Å². The Morgan fingerprint density at radius 1 is 1.11 bits per heavy atom. The monoisotopic (exact) mass is 259 g/mol. The molecule has 0 aliphatic carbocycles. The van der Waals surface area contributed by atoms with Crippen molar-refractivity contribution in [3.63, 3.8) is 0 Å². The molecule has 0 saturated carbocycles. The zero-order valence-electron chi connectivity index (χ0n) is 9.90. The zero-order valence-corrected chi connectivity index (χ0v) is 10.7. The molecule has 0 aliphatic heterocycles. The van der Waals surface area contributed by atoms with Crippen LogP contribution >= 0.6 is 11.6 Å². The molecule has 92 valence electrons. The second-order valence-corrected chi connectivity index (χ2v) is 4.61. The summed E-state index contributed by atoms with van der Waals surface area (Å²) in [7, 11) is 0. The second kappa shape index (κ2) is 5.69. The standard InChI is InChI=1S/C15H14ClNO/c16-13-7-4-11(5-8-13)6-9-15(18)12-2-1-3-14(17)10-12/h1-5,7-8,10H,6,9,17H2. The highest BCUT2D eigenvalue weighted by Gasteiger charge is 2.06. The first-order valence-electron chi connectivity index (χ1n) is 5.78. The third-order valence-electron chi connectivity index (χ3n) is 2.76. The maximum Gasteiger partial charge on any atom is 0.163 e. The fraction of sp³-hybridized carbons (Fsp3) is 0.133. The topological polar surface area (TPSA) is 43.1 Å². The first-order valence-corrected chi connectivity index (χ1v) is 6.16. The zero-order chi connectivity index (χ0) is 13.0.